The number of rotatable bonds is 7. The van der Waals surface area contributed by atoms with Gasteiger partial charge < -0.3 is 15.5 Å². The van der Waals surface area contributed by atoms with Gasteiger partial charge in [-0.15, -0.1) is 11.8 Å². The number of aliphatic imine (C=N–C) groups is 1. The van der Waals surface area contributed by atoms with E-state index in [1.165, 1.54) is 24.2 Å². The fourth-order valence-corrected chi connectivity index (χ4v) is 4.93. The Morgan fingerprint density at radius 1 is 1.18 bits per heavy atom. The van der Waals surface area contributed by atoms with Crippen molar-refractivity contribution in [3.8, 4) is 0 Å². The van der Waals surface area contributed by atoms with Crippen LogP contribution in [0.3, 0.4) is 0 Å². The Hall–Kier alpha value is -1.69. The highest BCUT2D eigenvalue weighted by Crippen LogP contribution is 2.26. The van der Waals surface area contributed by atoms with Crippen molar-refractivity contribution in [3.05, 3.63) is 30.3 Å². The Labute approximate surface area is 173 Å². The first-order valence-electron chi connectivity index (χ1n) is 10.7. The minimum absolute atomic E-state index is 0.270. The first-order valence-corrected chi connectivity index (χ1v) is 11.7. The van der Waals surface area contributed by atoms with Crippen molar-refractivity contribution >= 4 is 23.6 Å². The molecule has 1 aromatic rings. The van der Waals surface area contributed by atoms with Gasteiger partial charge in [-0.3, -0.25) is 9.79 Å². The minimum Gasteiger partial charge on any atom is -0.356 e. The van der Waals surface area contributed by atoms with Crippen LogP contribution in [0.25, 0.3) is 0 Å². The highest BCUT2D eigenvalue weighted by Gasteiger charge is 2.31. The van der Waals surface area contributed by atoms with Gasteiger partial charge in [0.2, 0.25) is 5.91 Å². The third-order valence-corrected chi connectivity index (χ3v) is 6.74. The number of guanidine groups is 1. The molecule has 1 saturated heterocycles. The number of thioether (sulfide) groups is 1. The second-order valence-electron chi connectivity index (χ2n) is 7.76. The predicted molar refractivity (Wildman–Crippen MR) is 118 cm³/mol. The van der Waals surface area contributed by atoms with Gasteiger partial charge in [-0.1, -0.05) is 37.5 Å². The molecule has 0 spiro atoms. The fourth-order valence-electron chi connectivity index (χ4n) is 4.06. The Bertz CT molecular complexity index is 631. The van der Waals surface area contributed by atoms with Gasteiger partial charge in [-0.05, 0) is 43.6 Å². The van der Waals surface area contributed by atoms with E-state index in [2.05, 4.69) is 44.8 Å². The highest BCUT2D eigenvalue weighted by molar-refractivity contribution is 7.99. The molecule has 28 heavy (non-hydrogen) atoms. The second kappa shape index (κ2) is 11.3. The van der Waals surface area contributed by atoms with Crippen molar-refractivity contribution in [3.63, 3.8) is 0 Å². The molecule has 154 valence electrons. The van der Waals surface area contributed by atoms with E-state index in [0.29, 0.717) is 11.9 Å². The molecule has 1 amide bonds. The zero-order chi connectivity index (χ0) is 19.6. The van der Waals surface area contributed by atoms with Gasteiger partial charge in [0.25, 0.3) is 0 Å². The summed E-state index contributed by atoms with van der Waals surface area (Å²) in [6.07, 6.45) is 7.96. The molecule has 3 rings (SSSR count). The van der Waals surface area contributed by atoms with Crippen LogP contribution in [-0.2, 0) is 4.79 Å². The van der Waals surface area contributed by atoms with Crippen LogP contribution < -0.4 is 10.6 Å². The summed E-state index contributed by atoms with van der Waals surface area (Å²) in [6.45, 7) is 2.58. The number of hydrogen-bond donors (Lipinski definition) is 2. The summed E-state index contributed by atoms with van der Waals surface area (Å²) in [5, 5.41) is 6.91. The number of carbonyl (C=O) groups excluding carboxylic acids is 1. The van der Waals surface area contributed by atoms with E-state index in [4.69, 9.17) is 0 Å². The summed E-state index contributed by atoms with van der Waals surface area (Å²) < 4.78 is 0. The Morgan fingerprint density at radius 2 is 1.96 bits per heavy atom. The van der Waals surface area contributed by atoms with E-state index in [-0.39, 0.29) is 5.92 Å². The summed E-state index contributed by atoms with van der Waals surface area (Å²) >= 11 is 1.89. The van der Waals surface area contributed by atoms with Crippen molar-refractivity contribution in [1.29, 1.82) is 0 Å². The topological polar surface area (TPSA) is 56.7 Å². The lowest BCUT2D eigenvalue weighted by Crippen LogP contribution is -2.45. The zero-order valence-corrected chi connectivity index (χ0v) is 17.8. The normalized spacial score (nSPS) is 21.0. The molecular formula is C22H34N4OS. The van der Waals surface area contributed by atoms with E-state index in [0.717, 1.165) is 57.0 Å². The van der Waals surface area contributed by atoms with Gasteiger partial charge >= 0.3 is 0 Å². The summed E-state index contributed by atoms with van der Waals surface area (Å²) in [5.74, 6) is 2.58. The molecule has 2 N–H and O–H groups in total. The third kappa shape index (κ3) is 6.43. The fraction of sp³-hybridized carbons (Fsp3) is 0.636. The highest BCUT2D eigenvalue weighted by atomic mass is 32.2. The summed E-state index contributed by atoms with van der Waals surface area (Å²) in [4.78, 5) is 20.4. The molecule has 0 aromatic heterocycles. The summed E-state index contributed by atoms with van der Waals surface area (Å²) in [7, 11) is 1.81. The maximum absolute atomic E-state index is 12.7. The van der Waals surface area contributed by atoms with Crippen molar-refractivity contribution in [2.45, 2.75) is 55.9 Å². The molecular weight excluding hydrogens is 368 g/mol. The quantitative estimate of drug-likeness (QED) is 0.317. The zero-order valence-electron chi connectivity index (χ0n) is 17.0. The van der Waals surface area contributed by atoms with E-state index < -0.39 is 0 Å². The molecule has 1 aromatic carbocycles. The van der Waals surface area contributed by atoms with Gasteiger partial charge in [-0.25, -0.2) is 0 Å². The van der Waals surface area contributed by atoms with Crippen molar-refractivity contribution in [2.24, 2.45) is 10.9 Å². The van der Waals surface area contributed by atoms with Crippen LogP contribution >= 0.6 is 11.8 Å². The molecule has 1 atom stereocenters. The van der Waals surface area contributed by atoms with Crippen molar-refractivity contribution in [1.82, 2.24) is 15.5 Å². The SMILES string of the molecule is CN=C(NCCCSc1ccccc1)NC1CCN(C(=O)C2CCCCC2)C1. The maximum atomic E-state index is 12.7. The molecule has 1 aliphatic carbocycles. The van der Waals surface area contributed by atoms with Crippen LogP contribution in [0.1, 0.15) is 44.9 Å². The average molecular weight is 403 g/mol. The third-order valence-electron chi connectivity index (χ3n) is 5.64. The van der Waals surface area contributed by atoms with E-state index in [9.17, 15) is 4.79 Å². The molecule has 1 unspecified atom stereocenters. The van der Waals surface area contributed by atoms with E-state index in [1.54, 1.807) is 0 Å². The first-order chi connectivity index (χ1) is 13.8. The molecule has 0 radical (unpaired) electrons. The van der Waals surface area contributed by atoms with Gasteiger partial charge in [0.1, 0.15) is 0 Å². The van der Waals surface area contributed by atoms with Crippen molar-refractivity contribution in [2.75, 3.05) is 32.4 Å². The molecule has 5 nitrogen and oxygen atoms in total. The molecule has 1 heterocycles. The number of hydrogen-bond acceptors (Lipinski definition) is 3. The lowest BCUT2D eigenvalue weighted by molar-refractivity contribution is -0.135. The standard InChI is InChI=1S/C22H34N4OS/c1-23-22(24-14-8-16-28-20-11-6-3-7-12-20)25-19-13-15-26(17-19)21(27)18-9-4-2-5-10-18/h3,6-7,11-12,18-19H,2,4-5,8-10,13-17H2,1H3,(H2,23,24,25). The maximum Gasteiger partial charge on any atom is 0.225 e. The van der Waals surface area contributed by atoms with Crippen LogP contribution in [-0.4, -0.2) is 55.2 Å². The number of amides is 1. The van der Waals surface area contributed by atoms with Gasteiger partial charge in [-0.2, -0.15) is 0 Å². The first kappa shape index (κ1) is 21.0. The summed E-state index contributed by atoms with van der Waals surface area (Å²) in [6, 6.07) is 10.8. The monoisotopic (exact) mass is 402 g/mol. The summed E-state index contributed by atoms with van der Waals surface area (Å²) in [5.41, 5.74) is 0. The molecule has 2 aliphatic rings. The van der Waals surface area contributed by atoms with Crippen LogP contribution in [0.15, 0.2) is 40.2 Å². The predicted octanol–water partition coefficient (Wildman–Crippen LogP) is 3.52. The van der Waals surface area contributed by atoms with E-state index in [1.807, 2.05) is 24.9 Å². The number of benzene rings is 1. The number of carbonyl (C=O) groups is 1. The smallest absolute Gasteiger partial charge is 0.225 e. The van der Waals surface area contributed by atoms with Crippen LogP contribution in [0.4, 0.5) is 0 Å². The van der Waals surface area contributed by atoms with Gasteiger partial charge in [0.05, 0.1) is 0 Å². The molecule has 1 saturated carbocycles. The van der Waals surface area contributed by atoms with Crippen LogP contribution in [0.2, 0.25) is 0 Å². The number of nitrogens with one attached hydrogen (secondary N) is 2. The largest absolute Gasteiger partial charge is 0.356 e. The van der Waals surface area contributed by atoms with Crippen LogP contribution in [0, 0.1) is 5.92 Å². The molecule has 2 fully saturated rings. The van der Waals surface area contributed by atoms with Crippen LogP contribution in [0.5, 0.6) is 0 Å². The Kier molecular flexibility index (Phi) is 8.52. The Balaban J connectivity index is 1.33. The lowest BCUT2D eigenvalue weighted by Gasteiger charge is -2.26. The van der Waals surface area contributed by atoms with Gasteiger partial charge in [0, 0.05) is 43.5 Å². The van der Waals surface area contributed by atoms with Gasteiger partial charge in [0.15, 0.2) is 5.96 Å². The molecule has 0 bridgehead atoms. The average Bonchev–Trinajstić information content (AvgIpc) is 3.22. The lowest BCUT2D eigenvalue weighted by atomic mass is 9.88. The van der Waals surface area contributed by atoms with E-state index >= 15 is 0 Å². The molecule has 6 heteroatoms. The van der Waals surface area contributed by atoms with Crippen molar-refractivity contribution < 1.29 is 4.79 Å². The minimum atomic E-state index is 0.270. The number of likely N-dealkylation sites (tertiary alicyclic amines) is 1. The Morgan fingerprint density at radius 3 is 2.71 bits per heavy atom. The second-order valence-corrected chi connectivity index (χ2v) is 8.93. The molecule has 1 aliphatic heterocycles. The number of nitrogens with zero attached hydrogens (tertiary/aromatic N) is 2.